The van der Waals surface area contributed by atoms with Crippen molar-refractivity contribution >= 4 is 15.9 Å². The molecule has 0 saturated carbocycles. The minimum absolute atomic E-state index is 0.368. The first kappa shape index (κ1) is 10.2. The van der Waals surface area contributed by atoms with Crippen LogP contribution in [0.15, 0.2) is 34.9 Å². The molecule has 2 nitrogen and oxygen atoms in total. The van der Waals surface area contributed by atoms with Gasteiger partial charge in [-0.3, -0.25) is 0 Å². The molecule has 0 bridgehead atoms. The van der Waals surface area contributed by atoms with E-state index in [0.717, 1.165) is 6.07 Å². The number of benzene rings is 1. The minimum atomic E-state index is -0.630. The molecule has 0 aliphatic rings. The Morgan fingerprint density at radius 2 is 1.60 bits per heavy atom. The van der Waals surface area contributed by atoms with Gasteiger partial charge in [0.05, 0.1) is 5.69 Å². The van der Waals surface area contributed by atoms with E-state index in [1.165, 1.54) is 12.1 Å². The molecule has 1 heterocycles. The van der Waals surface area contributed by atoms with E-state index >= 15 is 0 Å². The van der Waals surface area contributed by atoms with E-state index < -0.39 is 11.6 Å². The highest BCUT2D eigenvalue weighted by Gasteiger charge is 2.04. The van der Waals surface area contributed by atoms with Gasteiger partial charge in [-0.2, -0.15) is 0 Å². The summed E-state index contributed by atoms with van der Waals surface area (Å²) in [6.07, 6.45) is 0. The van der Waals surface area contributed by atoms with Crippen molar-refractivity contribution in [1.82, 2.24) is 10.2 Å². The van der Waals surface area contributed by atoms with Gasteiger partial charge in [0.1, 0.15) is 16.2 Å². The molecule has 2 rings (SSSR count). The predicted molar refractivity (Wildman–Crippen MR) is 55.1 cm³/mol. The summed E-state index contributed by atoms with van der Waals surface area (Å²) in [6, 6.07) is 6.52. The SMILES string of the molecule is Fc1cc(F)cc(-c2ccc(Br)nn2)c1. The third-order valence-electron chi connectivity index (χ3n) is 1.79. The number of aromatic nitrogens is 2. The van der Waals surface area contributed by atoms with Gasteiger partial charge in [-0.15, -0.1) is 10.2 Å². The summed E-state index contributed by atoms with van der Waals surface area (Å²) in [7, 11) is 0. The Morgan fingerprint density at radius 1 is 0.933 bits per heavy atom. The van der Waals surface area contributed by atoms with Crippen LogP contribution in [0.4, 0.5) is 8.78 Å². The minimum Gasteiger partial charge on any atom is -0.207 e. The molecule has 0 atom stereocenters. The van der Waals surface area contributed by atoms with Crippen LogP contribution >= 0.6 is 15.9 Å². The number of hydrogen-bond donors (Lipinski definition) is 0. The molecular weight excluding hydrogens is 266 g/mol. The maximum Gasteiger partial charge on any atom is 0.128 e. The lowest BCUT2D eigenvalue weighted by atomic mass is 10.1. The molecule has 0 aliphatic heterocycles. The maximum absolute atomic E-state index is 12.9. The Morgan fingerprint density at radius 3 is 2.13 bits per heavy atom. The van der Waals surface area contributed by atoms with Gasteiger partial charge in [0.2, 0.25) is 0 Å². The van der Waals surface area contributed by atoms with E-state index in [1.54, 1.807) is 12.1 Å². The first-order chi connectivity index (χ1) is 7.15. The lowest BCUT2D eigenvalue weighted by Gasteiger charge is -2.00. The van der Waals surface area contributed by atoms with Gasteiger partial charge in [-0.25, -0.2) is 8.78 Å². The van der Waals surface area contributed by atoms with E-state index in [4.69, 9.17) is 0 Å². The van der Waals surface area contributed by atoms with Crippen molar-refractivity contribution in [2.75, 3.05) is 0 Å². The van der Waals surface area contributed by atoms with Gasteiger partial charge in [0, 0.05) is 11.6 Å². The van der Waals surface area contributed by atoms with Crippen LogP contribution in [0.1, 0.15) is 0 Å². The topological polar surface area (TPSA) is 25.8 Å². The monoisotopic (exact) mass is 270 g/mol. The van der Waals surface area contributed by atoms with Gasteiger partial charge in [0.25, 0.3) is 0 Å². The van der Waals surface area contributed by atoms with Crippen LogP contribution in [0.2, 0.25) is 0 Å². The third-order valence-corrected chi connectivity index (χ3v) is 2.21. The summed E-state index contributed by atoms with van der Waals surface area (Å²) in [4.78, 5) is 0. The van der Waals surface area contributed by atoms with Crippen LogP contribution in [0.5, 0.6) is 0 Å². The zero-order valence-electron chi connectivity index (χ0n) is 7.42. The number of rotatable bonds is 1. The first-order valence-corrected chi connectivity index (χ1v) is 4.90. The van der Waals surface area contributed by atoms with Crippen LogP contribution in [0.3, 0.4) is 0 Å². The third kappa shape index (κ3) is 2.36. The predicted octanol–water partition coefficient (Wildman–Crippen LogP) is 3.18. The summed E-state index contributed by atoms with van der Waals surface area (Å²) in [6.45, 7) is 0. The Kier molecular flexibility index (Phi) is 2.73. The molecule has 76 valence electrons. The number of halogens is 3. The molecule has 15 heavy (non-hydrogen) atoms. The molecule has 0 aliphatic carbocycles. The average molecular weight is 271 g/mol. The van der Waals surface area contributed by atoms with Gasteiger partial charge in [0.15, 0.2) is 0 Å². The van der Waals surface area contributed by atoms with Gasteiger partial charge in [-0.1, -0.05) is 0 Å². The molecule has 0 spiro atoms. The van der Waals surface area contributed by atoms with Crippen LogP contribution in [0.25, 0.3) is 11.3 Å². The zero-order valence-corrected chi connectivity index (χ0v) is 9.00. The number of hydrogen-bond acceptors (Lipinski definition) is 2. The molecule has 0 N–H and O–H groups in total. The van der Waals surface area contributed by atoms with E-state index in [2.05, 4.69) is 26.1 Å². The fourth-order valence-electron chi connectivity index (χ4n) is 1.17. The smallest absolute Gasteiger partial charge is 0.128 e. The van der Waals surface area contributed by atoms with Crippen molar-refractivity contribution in [3.63, 3.8) is 0 Å². The second kappa shape index (κ2) is 4.02. The Hall–Kier alpha value is -1.36. The average Bonchev–Trinajstić information content (AvgIpc) is 2.17. The first-order valence-electron chi connectivity index (χ1n) is 4.11. The summed E-state index contributed by atoms with van der Waals surface area (Å²) in [5.74, 6) is -1.26. The fourth-order valence-corrected chi connectivity index (χ4v) is 1.38. The summed E-state index contributed by atoms with van der Waals surface area (Å²) >= 11 is 3.13. The lowest BCUT2D eigenvalue weighted by molar-refractivity contribution is 0.584. The van der Waals surface area contributed by atoms with E-state index in [-0.39, 0.29) is 0 Å². The van der Waals surface area contributed by atoms with Crippen LogP contribution in [-0.2, 0) is 0 Å². The van der Waals surface area contributed by atoms with Crippen LogP contribution < -0.4 is 0 Å². The largest absolute Gasteiger partial charge is 0.207 e. The number of nitrogens with zero attached hydrogens (tertiary/aromatic N) is 2. The second-order valence-corrected chi connectivity index (χ2v) is 3.71. The second-order valence-electron chi connectivity index (χ2n) is 2.90. The van der Waals surface area contributed by atoms with Crippen molar-refractivity contribution < 1.29 is 8.78 Å². The molecule has 0 unspecified atom stereocenters. The highest BCUT2D eigenvalue weighted by molar-refractivity contribution is 9.10. The van der Waals surface area contributed by atoms with Crippen LogP contribution in [-0.4, -0.2) is 10.2 Å². The summed E-state index contributed by atoms with van der Waals surface area (Å²) in [5, 5.41) is 7.54. The van der Waals surface area contributed by atoms with Gasteiger partial charge >= 0.3 is 0 Å². The molecule has 1 aromatic heterocycles. The van der Waals surface area contributed by atoms with Crippen molar-refractivity contribution in [2.24, 2.45) is 0 Å². The van der Waals surface area contributed by atoms with Gasteiger partial charge in [-0.05, 0) is 40.2 Å². The van der Waals surface area contributed by atoms with E-state index in [1.807, 2.05) is 0 Å². The van der Waals surface area contributed by atoms with E-state index in [9.17, 15) is 8.78 Å². The quantitative estimate of drug-likeness (QED) is 0.796. The van der Waals surface area contributed by atoms with Crippen LogP contribution in [0, 0.1) is 11.6 Å². The van der Waals surface area contributed by atoms with Crippen molar-refractivity contribution in [1.29, 1.82) is 0 Å². The Bertz CT molecular complexity index is 465. The summed E-state index contributed by atoms with van der Waals surface area (Å²) < 4.78 is 26.4. The molecule has 1 aromatic carbocycles. The fraction of sp³-hybridized carbons (Fsp3) is 0. The Labute approximate surface area is 93.1 Å². The Balaban J connectivity index is 2.49. The molecular formula is C10H5BrF2N2. The van der Waals surface area contributed by atoms with Gasteiger partial charge < -0.3 is 0 Å². The standard InChI is InChI=1S/C10H5BrF2N2/c11-10-2-1-9(14-15-10)6-3-7(12)5-8(13)4-6/h1-5H. The normalized spacial score (nSPS) is 10.3. The molecule has 0 fully saturated rings. The molecule has 2 aromatic rings. The maximum atomic E-state index is 12.9. The highest BCUT2D eigenvalue weighted by Crippen LogP contribution is 2.19. The lowest BCUT2D eigenvalue weighted by Crippen LogP contribution is -1.89. The zero-order chi connectivity index (χ0) is 10.8. The van der Waals surface area contributed by atoms with Crippen molar-refractivity contribution in [3.8, 4) is 11.3 Å². The van der Waals surface area contributed by atoms with Crippen molar-refractivity contribution in [3.05, 3.63) is 46.6 Å². The molecule has 5 heteroatoms. The molecule has 0 radical (unpaired) electrons. The van der Waals surface area contributed by atoms with E-state index in [0.29, 0.717) is 15.9 Å². The highest BCUT2D eigenvalue weighted by atomic mass is 79.9. The molecule has 0 saturated heterocycles. The molecule has 0 amide bonds. The summed E-state index contributed by atoms with van der Waals surface area (Å²) in [5.41, 5.74) is 0.795. The van der Waals surface area contributed by atoms with Crippen molar-refractivity contribution in [2.45, 2.75) is 0 Å².